The number of likely N-dealkylation sites (N-methyl/N-ethyl adjacent to an activating group) is 1. The number of aliphatic imine (C=N–C) groups is 2. The average molecular weight is 277 g/mol. The molecule has 1 heterocycles. The first kappa shape index (κ1) is 16.0. The summed E-state index contributed by atoms with van der Waals surface area (Å²) in [5.41, 5.74) is 1.50. The lowest BCUT2D eigenvalue weighted by Crippen LogP contribution is -2.23. The summed E-state index contributed by atoms with van der Waals surface area (Å²) in [6.07, 6.45) is 1.68. The van der Waals surface area contributed by atoms with E-state index >= 15 is 0 Å². The molecule has 0 aliphatic carbocycles. The molecule has 0 radical (unpaired) electrons. The normalized spacial score (nSPS) is 14.1. The minimum atomic E-state index is 0.0862. The predicted molar refractivity (Wildman–Crippen MR) is 83.9 cm³/mol. The highest BCUT2D eigenvalue weighted by Gasteiger charge is 2.21. The van der Waals surface area contributed by atoms with Gasteiger partial charge in [0.1, 0.15) is 11.5 Å². The van der Waals surface area contributed by atoms with E-state index in [2.05, 4.69) is 14.9 Å². The minimum absolute atomic E-state index is 0.0862. The van der Waals surface area contributed by atoms with Crippen molar-refractivity contribution < 1.29 is 9.84 Å². The van der Waals surface area contributed by atoms with Crippen LogP contribution in [0.2, 0.25) is 0 Å². The van der Waals surface area contributed by atoms with Crippen molar-refractivity contribution in [3.63, 3.8) is 0 Å². The van der Waals surface area contributed by atoms with Gasteiger partial charge in [-0.3, -0.25) is 9.98 Å². The number of amidine groups is 1. The van der Waals surface area contributed by atoms with E-state index in [0.717, 1.165) is 24.5 Å². The fraction of sp³-hybridized carbons (Fsp3) is 0.467. The van der Waals surface area contributed by atoms with Crippen molar-refractivity contribution in [1.82, 2.24) is 4.90 Å². The topological polar surface area (TPSA) is 57.4 Å². The Hall–Kier alpha value is -2.04. The number of nitrogens with zero attached hydrogens (tertiary/aromatic N) is 3. The zero-order valence-electron chi connectivity index (χ0n) is 12.8. The van der Waals surface area contributed by atoms with Gasteiger partial charge in [-0.1, -0.05) is 13.8 Å². The van der Waals surface area contributed by atoms with Crippen LogP contribution in [-0.2, 0) is 0 Å². The van der Waals surface area contributed by atoms with Crippen LogP contribution in [0.15, 0.2) is 22.1 Å². The molecule has 0 saturated carbocycles. The van der Waals surface area contributed by atoms with Crippen LogP contribution < -0.4 is 4.74 Å². The molecular formula is C15H23N3O2. The zero-order valence-corrected chi connectivity index (χ0v) is 12.8. The Morgan fingerprint density at radius 3 is 2.60 bits per heavy atom. The molecule has 5 nitrogen and oxygen atoms in total. The van der Waals surface area contributed by atoms with Gasteiger partial charge in [0.05, 0.1) is 13.7 Å². The molecule has 0 saturated heterocycles. The predicted octanol–water partition coefficient (Wildman–Crippen LogP) is 2.84. The molecule has 20 heavy (non-hydrogen) atoms. The van der Waals surface area contributed by atoms with Gasteiger partial charge in [0.25, 0.3) is 0 Å². The van der Waals surface area contributed by atoms with E-state index in [1.54, 1.807) is 12.3 Å². The van der Waals surface area contributed by atoms with Crippen molar-refractivity contribution in [1.29, 1.82) is 0 Å². The number of aromatic hydroxyl groups is 1. The number of hydrogen-bond donors (Lipinski definition) is 1. The molecule has 1 aromatic rings. The van der Waals surface area contributed by atoms with Gasteiger partial charge in [-0.15, -0.1) is 0 Å². The summed E-state index contributed by atoms with van der Waals surface area (Å²) in [6.45, 7) is 7.51. The molecule has 1 aromatic carbocycles. The average Bonchev–Trinajstić information content (AvgIpc) is 2.88. The van der Waals surface area contributed by atoms with Crippen molar-refractivity contribution in [3.05, 3.63) is 17.7 Å². The smallest absolute Gasteiger partial charge is 0.187 e. The first-order chi connectivity index (χ1) is 9.69. The van der Waals surface area contributed by atoms with E-state index in [0.29, 0.717) is 11.4 Å². The standard InChI is InChI=1S/C13H17N3O2.C2H6/c1-4-14-11-9(13-15-7-8-16(13)2)5-6-10(17)12(11)18-3;1-2/h4-6,17H,7-8H2,1-3H3;1-2H3. The molecule has 2 rings (SSSR count). The number of ether oxygens (including phenoxy) is 1. The molecule has 110 valence electrons. The van der Waals surface area contributed by atoms with Crippen molar-refractivity contribution >= 4 is 17.7 Å². The highest BCUT2D eigenvalue weighted by molar-refractivity contribution is 6.05. The van der Waals surface area contributed by atoms with Crippen LogP contribution >= 0.6 is 0 Å². The number of rotatable bonds is 3. The van der Waals surface area contributed by atoms with Crippen LogP contribution in [0.3, 0.4) is 0 Å². The number of methoxy groups -OCH3 is 1. The Labute approximate surface area is 120 Å². The lowest BCUT2D eigenvalue weighted by molar-refractivity contribution is 0.374. The van der Waals surface area contributed by atoms with Crippen LogP contribution in [0.25, 0.3) is 0 Å². The largest absolute Gasteiger partial charge is 0.504 e. The zero-order chi connectivity index (χ0) is 15.1. The first-order valence-electron chi connectivity index (χ1n) is 6.83. The highest BCUT2D eigenvalue weighted by Crippen LogP contribution is 2.40. The maximum absolute atomic E-state index is 9.80. The molecule has 0 fully saturated rings. The lowest BCUT2D eigenvalue weighted by Gasteiger charge is -2.17. The quantitative estimate of drug-likeness (QED) is 0.864. The molecule has 0 spiro atoms. The van der Waals surface area contributed by atoms with Gasteiger partial charge >= 0.3 is 0 Å². The van der Waals surface area contributed by atoms with E-state index in [1.165, 1.54) is 7.11 Å². The first-order valence-corrected chi connectivity index (χ1v) is 6.83. The minimum Gasteiger partial charge on any atom is -0.504 e. The third-order valence-electron chi connectivity index (χ3n) is 2.87. The third-order valence-corrected chi connectivity index (χ3v) is 2.87. The summed E-state index contributed by atoms with van der Waals surface area (Å²) in [6, 6.07) is 3.43. The maximum atomic E-state index is 9.80. The van der Waals surface area contributed by atoms with Crippen molar-refractivity contribution in [2.45, 2.75) is 20.8 Å². The number of benzene rings is 1. The van der Waals surface area contributed by atoms with Gasteiger partial charge in [0.15, 0.2) is 11.5 Å². The molecule has 1 N–H and O–H groups in total. The van der Waals surface area contributed by atoms with Crippen molar-refractivity contribution in [2.75, 3.05) is 27.2 Å². The molecule has 0 unspecified atom stereocenters. The van der Waals surface area contributed by atoms with E-state index in [1.807, 2.05) is 33.9 Å². The van der Waals surface area contributed by atoms with E-state index in [9.17, 15) is 5.11 Å². The Kier molecular flexibility index (Phi) is 6.03. The molecule has 0 aromatic heterocycles. The maximum Gasteiger partial charge on any atom is 0.187 e. The molecule has 1 aliphatic rings. The fourth-order valence-electron chi connectivity index (χ4n) is 2.02. The summed E-state index contributed by atoms with van der Waals surface area (Å²) in [7, 11) is 3.51. The Bertz CT molecular complexity index is 510. The summed E-state index contributed by atoms with van der Waals surface area (Å²) in [4.78, 5) is 10.8. The number of phenols is 1. The van der Waals surface area contributed by atoms with Crippen molar-refractivity contribution in [2.24, 2.45) is 9.98 Å². The summed E-state index contributed by atoms with van der Waals surface area (Å²) < 4.78 is 5.23. The second-order valence-corrected chi connectivity index (χ2v) is 4.03. The molecule has 1 aliphatic heterocycles. The highest BCUT2D eigenvalue weighted by atomic mass is 16.5. The molecular weight excluding hydrogens is 254 g/mol. The van der Waals surface area contributed by atoms with Crippen LogP contribution in [0, 0.1) is 0 Å². The molecule has 0 amide bonds. The van der Waals surface area contributed by atoms with Crippen molar-refractivity contribution in [3.8, 4) is 11.5 Å². The number of hydrogen-bond acceptors (Lipinski definition) is 5. The van der Waals surface area contributed by atoms with E-state index < -0.39 is 0 Å². The Morgan fingerprint density at radius 2 is 2.10 bits per heavy atom. The van der Waals surface area contributed by atoms with Crippen LogP contribution in [-0.4, -0.2) is 49.3 Å². The monoisotopic (exact) mass is 277 g/mol. The number of phenolic OH excluding ortho intramolecular Hbond substituents is 1. The fourth-order valence-corrected chi connectivity index (χ4v) is 2.02. The molecule has 5 heteroatoms. The van der Waals surface area contributed by atoms with Crippen LogP contribution in [0.4, 0.5) is 5.69 Å². The van der Waals surface area contributed by atoms with Gasteiger partial charge in [-0.25, -0.2) is 0 Å². The van der Waals surface area contributed by atoms with Crippen LogP contribution in [0.1, 0.15) is 26.3 Å². The van der Waals surface area contributed by atoms with Gasteiger partial charge in [0.2, 0.25) is 0 Å². The summed E-state index contributed by atoms with van der Waals surface area (Å²) in [5.74, 6) is 1.35. The second-order valence-electron chi connectivity index (χ2n) is 4.03. The Morgan fingerprint density at radius 1 is 1.40 bits per heavy atom. The lowest BCUT2D eigenvalue weighted by atomic mass is 10.1. The van der Waals surface area contributed by atoms with Crippen LogP contribution in [0.5, 0.6) is 11.5 Å². The SMILES string of the molecule is CC.CC=Nc1c(C2=NCCN2C)ccc(O)c1OC. The van der Waals surface area contributed by atoms with Gasteiger partial charge in [-0.05, 0) is 19.1 Å². The van der Waals surface area contributed by atoms with E-state index in [-0.39, 0.29) is 5.75 Å². The van der Waals surface area contributed by atoms with Gasteiger partial charge in [-0.2, -0.15) is 0 Å². The summed E-state index contributed by atoms with van der Waals surface area (Å²) in [5, 5.41) is 9.80. The second kappa shape index (κ2) is 7.53. The summed E-state index contributed by atoms with van der Waals surface area (Å²) >= 11 is 0. The van der Waals surface area contributed by atoms with Gasteiger partial charge in [0, 0.05) is 25.4 Å². The molecule has 0 bridgehead atoms. The van der Waals surface area contributed by atoms with E-state index in [4.69, 9.17) is 4.74 Å². The third kappa shape index (κ3) is 3.10. The van der Waals surface area contributed by atoms with Gasteiger partial charge < -0.3 is 14.7 Å². The Balaban J connectivity index is 0.000000956. The molecule has 0 atom stereocenters.